The van der Waals surface area contributed by atoms with Gasteiger partial charge in [0.1, 0.15) is 5.82 Å². The standard InChI is InChI=1S/C15H17ClFN3O2/c1-9-18-15(22-19-9)13-7-20(6-11(13)8-21)5-10-2-3-12(17)4-14(10)16/h2-4,11,13,21H,5-8H2,1H3/t11-,13+/m0/s1. The highest BCUT2D eigenvalue weighted by Crippen LogP contribution is 2.33. The summed E-state index contributed by atoms with van der Waals surface area (Å²) < 4.78 is 18.3. The number of halogens is 2. The number of nitrogens with zero attached hydrogens (tertiary/aromatic N) is 3. The van der Waals surface area contributed by atoms with Crippen LogP contribution in [-0.4, -0.2) is 39.8 Å². The summed E-state index contributed by atoms with van der Waals surface area (Å²) in [6.45, 7) is 3.82. The largest absolute Gasteiger partial charge is 0.396 e. The summed E-state index contributed by atoms with van der Waals surface area (Å²) in [7, 11) is 0. The molecule has 1 fully saturated rings. The second kappa shape index (κ2) is 6.32. The van der Waals surface area contributed by atoms with E-state index in [0.29, 0.717) is 36.4 Å². The summed E-state index contributed by atoms with van der Waals surface area (Å²) in [4.78, 5) is 6.43. The van der Waals surface area contributed by atoms with Crippen LogP contribution in [0, 0.1) is 18.7 Å². The van der Waals surface area contributed by atoms with Crippen molar-refractivity contribution in [2.45, 2.75) is 19.4 Å². The summed E-state index contributed by atoms with van der Waals surface area (Å²) in [6, 6.07) is 4.41. The van der Waals surface area contributed by atoms with Gasteiger partial charge >= 0.3 is 0 Å². The van der Waals surface area contributed by atoms with Crippen molar-refractivity contribution in [2.75, 3.05) is 19.7 Å². The van der Waals surface area contributed by atoms with Crippen LogP contribution in [0.15, 0.2) is 22.7 Å². The van der Waals surface area contributed by atoms with Gasteiger partial charge in [0, 0.05) is 37.2 Å². The minimum atomic E-state index is -0.345. The fraction of sp³-hybridized carbons (Fsp3) is 0.467. The normalized spacial score (nSPS) is 22.4. The van der Waals surface area contributed by atoms with Crippen molar-refractivity contribution in [3.8, 4) is 0 Å². The predicted octanol–water partition coefficient (Wildman–Crippen LogP) is 2.38. The second-order valence-corrected chi connectivity index (χ2v) is 6.07. The smallest absolute Gasteiger partial charge is 0.231 e. The highest BCUT2D eigenvalue weighted by molar-refractivity contribution is 6.31. The van der Waals surface area contributed by atoms with Gasteiger partial charge in [-0.3, -0.25) is 4.90 Å². The molecule has 2 heterocycles. The van der Waals surface area contributed by atoms with Gasteiger partial charge in [-0.05, 0) is 24.6 Å². The highest BCUT2D eigenvalue weighted by atomic mass is 35.5. The Morgan fingerprint density at radius 1 is 1.45 bits per heavy atom. The maximum absolute atomic E-state index is 13.1. The number of aryl methyl sites for hydroxylation is 1. The van der Waals surface area contributed by atoms with E-state index in [0.717, 1.165) is 5.56 Å². The Balaban J connectivity index is 1.74. The first-order valence-corrected chi connectivity index (χ1v) is 7.52. The molecule has 0 saturated carbocycles. The van der Waals surface area contributed by atoms with E-state index in [1.165, 1.54) is 12.1 Å². The maximum atomic E-state index is 13.1. The minimum Gasteiger partial charge on any atom is -0.396 e. The van der Waals surface area contributed by atoms with E-state index < -0.39 is 0 Å². The van der Waals surface area contributed by atoms with Crippen LogP contribution >= 0.6 is 11.6 Å². The molecule has 2 aromatic rings. The molecule has 1 N–H and O–H groups in total. The zero-order chi connectivity index (χ0) is 15.7. The average Bonchev–Trinajstić information content (AvgIpc) is 3.08. The van der Waals surface area contributed by atoms with Gasteiger partial charge in [-0.1, -0.05) is 22.8 Å². The predicted molar refractivity (Wildman–Crippen MR) is 79.0 cm³/mol. The third kappa shape index (κ3) is 3.14. The van der Waals surface area contributed by atoms with Gasteiger partial charge in [0.25, 0.3) is 0 Å². The van der Waals surface area contributed by atoms with E-state index in [2.05, 4.69) is 15.0 Å². The third-order valence-corrected chi connectivity index (χ3v) is 4.37. The van der Waals surface area contributed by atoms with Crippen LogP contribution in [0.2, 0.25) is 5.02 Å². The molecule has 1 saturated heterocycles. The lowest BCUT2D eigenvalue weighted by atomic mass is 9.97. The van der Waals surface area contributed by atoms with E-state index in [1.807, 2.05) is 0 Å². The van der Waals surface area contributed by atoms with Crippen molar-refractivity contribution in [3.05, 3.63) is 46.3 Å². The first kappa shape index (κ1) is 15.4. The Labute approximate surface area is 132 Å². The van der Waals surface area contributed by atoms with Gasteiger partial charge < -0.3 is 9.63 Å². The van der Waals surface area contributed by atoms with E-state index in [9.17, 15) is 9.50 Å². The number of likely N-dealkylation sites (tertiary alicyclic amines) is 1. The summed E-state index contributed by atoms with van der Waals surface area (Å²) in [5.74, 6) is 0.850. The number of aliphatic hydroxyl groups excluding tert-OH is 1. The molecule has 22 heavy (non-hydrogen) atoms. The number of rotatable bonds is 4. The van der Waals surface area contributed by atoms with Crippen LogP contribution in [-0.2, 0) is 6.54 Å². The average molecular weight is 326 g/mol. The lowest BCUT2D eigenvalue weighted by Gasteiger charge is -2.16. The van der Waals surface area contributed by atoms with Gasteiger partial charge in [-0.25, -0.2) is 4.39 Å². The molecule has 0 aliphatic carbocycles. The Morgan fingerprint density at radius 2 is 2.27 bits per heavy atom. The molecule has 1 aliphatic heterocycles. The molecule has 0 amide bonds. The zero-order valence-electron chi connectivity index (χ0n) is 12.2. The van der Waals surface area contributed by atoms with Crippen molar-refractivity contribution in [1.82, 2.24) is 15.0 Å². The first-order chi connectivity index (χ1) is 10.6. The molecule has 3 rings (SSSR count). The zero-order valence-corrected chi connectivity index (χ0v) is 12.9. The second-order valence-electron chi connectivity index (χ2n) is 5.66. The fourth-order valence-corrected chi connectivity index (χ4v) is 3.14. The molecular formula is C15H17ClFN3O2. The molecule has 118 valence electrons. The highest BCUT2D eigenvalue weighted by Gasteiger charge is 2.36. The van der Waals surface area contributed by atoms with E-state index >= 15 is 0 Å². The van der Waals surface area contributed by atoms with E-state index in [4.69, 9.17) is 16.1 Å². The van der Waals surface area contributed by atoms with Crippen molar-refractivity contribution >= 4 is 11.6 Å². The molecule has 0 bridgehead atoms. The van der Waals surface area contributed by atoms with Crippen LogP contribution in [0.25, 0.3) is 0 Å². The number of aliphatic hydroxyl groups is 1. The fourth-order valence-electron chi connectivity index (χ4n) is 2.91. The molecule has 1 aromatic carbocycles. The van der Waals surface area contributed by atoms with Crippen LogP contribution in [0.4, 0.5) is 4.39 Å². The Morgan fingerprint density at radius 3 is 2.91 bits per heavy atom. The lowest BCUT2D eigenvalue weighted by Crippen LogP contribution is -2.21. The topological polar surface area (TPSA) is 62.4 Å². The monoisotopic (exact) mass is 325 g/mol. The van der Waals surface area contributed by atoms with Crippen molar-refractivity contribution in [2.24, 2.45) is 5.92 Å². The van der Waals surface area contributed by atoms with Gasteiger partial charge in [0.15, 0.2) is 5.82 Å². The molecule has 5 nitrogen and oxygen atoms in total. The van der Waals surface area contributed by atoms with Crippen LogP contribution < -0.4 is 0 Å². The van der Waals surface area contributed by atoms with Gasteiger partial charge in [-0.2, -0.15) is 4.98 Å². The van der Waals surface area contributed by atoms with Crippen molar-refractivity contribution < 1.29 is 14.0 Å². The quantitative estimate of drug-likeness (QED) is 0.935. The molecular weight excluding hydrogens is 309 g/mol. The van der Waals surface area contributed by atoms with Crippen molar-refractivity contribution in [3.63, 3.8) is 0 Å². The minimum absolute atomic E-state index is 0.00502. The number of hydrogen-bond acceptors (Lipinski definition) is 5. The molecule has 0 spiro atoms. The summed E-state index contributed by atoms with van der Waals surface area (Å²) in [5, 5.41) is 13.8. The third-order valence-electron chi connectivity index (χ3n) is 4.02. The lowest BCUT2D eigenvalue weighted by molar-refractivity contribution is 0.205. The first-order valence-electron chi connectivity index (χ1n) is 7.14. The SMILES string of the molecule is Cc1noc([C@@H]2CN(Cc3ccc(F)cc3Cl)C[C@H]2CO)n1. The summed E-state index contributed by atoms with van der Waals surface area (Å²) in [5.41, 5.74) is 0.863. The van der Waals surface area contributed by atoms with Crippen LogP contribution in [0.3, 0.4) is 0 Å². The van der Waals surface area contributed by atoms with Gasteiger partial charge in [0.05, 0.1) is 5.92 Å². The molecule has 0 unspecified atom stereocenters. The summed E-state index contributed by atoms with van der Waals surface area (Å²) in [6.07, 6.45) is 0. The van der Waals surface area contributed by atoms with Gasteiger partial charge in [-0.15, -0.1) is 0 Å². The number of aromatic nitrogens is 2. The van der Waals surface area contributed by atoms with E-state index in [-0.39, 0.29) is 24.3 Å². The molecule has 1 aliphatic rings. The maximum Gasteiger partial charge on any atom is 0.231 e. The van der Waals surface area contributed by atoms with Crippen LogP contribution in [0.5, 0.6) is 0 Å². The Kier molecular flexibility index (Phi) is 4.42. The number of benzene rings is 1. The van der Waals surface area contributed by atoms with Crippen LogP contribution in [0.1, 0.15) is 23.2 Å². The van der Waals surface area contributed by atoms with E-state index in [1.54, 1.807) is 13.0 Å². The van der Waals surface area contributed by atoms with Gasteiger partial charge in [0.2, 0.25) is 5.89 Å². The molecule has 2 atom stereocenters. The Hall–Kier alpha value is -1.50. The molecule has 1 aromatic heterocycles. The van der Waals surface area contributed by atoms with Crippen molar-refractivity contribution in [1.29, 1.82) is 0 Å². The number of hydrogen-bond donors (Lipinski definition) is 1. The molecule has 0 radical (unpaired) electrons. The summed E-state index contributed by atoms with van der Waals surface area (Å²) >= 11 is 6.08. The molecule has 7 heteroatoms. The Bertz CT molecular complexity index is 664.